The van der Waals surface area contributed by atoms with Crippen molar-refractivity contribution in [3.05, 3.63) is 0 Å². The van der Waals surface area contributed by atoms with Crippen LogP contribution in [0.2, 0.25) is 0 Å². The van der Waals surface area contributed by atoms with Crippen LogP contribution < -0.4 is 10.6 Å². The summed E-state index contributed by atoms with van der Waals surface area (Å²) in [5.41, 5.74) is -0.350. The van der Waals surface area contributed by atoms with Crippen LogP contribution in [0.25, 0.3) is 0 Å². The standard InChI is InChI=1S/C11H20N2O4/c1-3-17-9(14)7-12-10(15)13-11(2)5-4-6-16-8-11/h3-8H2,1-2H3,(H2,12,13,15). The maximum Gasteiger partial charge on any atom is 0.325 e. The summed E-state index contributed by atoms with van der Waals surface area (Å²) < 4.78 is 10.0. The van der Waals surface area contributed by atoms with E-state index < -0.39 is 5.97 Å². The molecule has 0 bridgehead atoms. The molecule has 0 aromatic carbocycles. The zero-order valence-electron chi connectivity index (χ0n) is 10.4. The highest BCUT2D eigenvalue weighted by atomic mass is 16.5. The Labute approximate surface area is 101 Å². The first-order valence-electron chi connectivity index (χ1n) is 5.85. The Kier molecular flexibility index (Phi) is 5.21. The Bertz CT molecular complexity index is 275. The van der Waals surface area contributed by atoms with Gasteiger partial charge in [-0.1, -0.05) is 0 Å². The third kappa shape index (κ3) is 5.04. The zero-order chi connectivity index (χ0) is 12.7. The smallest absolute Gasteiger partial charge is 0.325 e. The lowest BCUT2D eigenvalue weighted by molar-refractivity contribution is -0.141. The third-order valence-electron chi connectivity index (χ3n) is 2.55. The summed E-state index contributed by atoms with van der Waals surface area (Å²) in [6, 6.07) is -0.369. The van der Waals surface area contributed by atoms with E-state index in [1.165, 1.54) is 0 Å². The largest absolute Gasteiger partial charge is 0.465 e. The summed E-state index contributed by atoms with van der Waals surface area (Å²) in [6.45, 7) is 5.08. The second-order valence-corrected chi connectivity index (χ2v) is 4.33. The molecule has 1 aliphatic heterocycles. The van der Waals surface area contributed by atoms with Crippen LogP contribution in [0.1, 0.15) is 26.7 Å². The number of nitrogens with one attached hydrogen (secondary N) is 2. The number of hydrogen-bond acceptors (Lipinski definition) is 4. The molecule has 1 fully saturated rings. The number of urea groups is 1. The molecule has 0 spiro atoms. The third-order valence-corrected chi connectivity index (χ3v) is 2.55. The molecular formula is C11H20N2O4. The van der Waals surface area contributed by atoms with Gasteiger partial charge >= 0.3 is 12.0 Å². The van der Waals surface area contributed by atoms with Crippen molar-refractivity contribution in [1.82, 2.24) is 10.6 Å². The lowest BCUT2D eigenvalue weighted by Crippen LogP contribution is -2.55. The average molecular weight is 244 g/mol. The molecule has 98 valence electrons. The van der Waals surface area contributed by atoms with Crippen LogP contribution in [0.5, 0.6) is 0 Å². The fourth-order valence-electron chi connectivity index (χ4n) is 1.72. The molecule has 1 rings (SSSR count). The normalized spacial score (nSPS) is 23.9. The van der Waals surface area contributed by atoms with Crippen molar-refractivity contribution in [3.63, 3.8) is 0 Å². The van der Waals surface area contributed by atoms with E-state index in [1.807, 2.05) is 6.92 Å². The zero-order valence-corrected chi connectivity index (χ0v) is 10.4. The number of amides is 2. The summed E-state index contributed by atoms with van der Waals surface area (Å²) in [7, 11) is 0. The van der Waals surface area contributed by atoms with Gasteiger partial charge in [0.25, 0.3) is 0 Å². The van der Waals surface area contributed by atoms with Gasteiger partial charge in [-0.3, -0.25) is 4.79 Å². The molecule has 1 heterocycles. The van der Waals surface area contributed by atoms with Gasteiger partial charge in [0, 0.05) is 6.61 Å². The Balaban J connectivity index is 2.26. The van der Waals surface area contributed by atoms with Crippen LogP contribution in [-0.4, -0.2) is 43.9 Å². The van der Waals surface area contributed by atoms with Crippen LogP contribution in [0.4, 0.5) is 4.79 Å². The highest BCUT2D eigenvalue weighted by Gasteiger charge is 2.29. The van der Waals surface area contributed by atoms with Crippen molar-refractivity contribution in [2.24, 2.45) is 0 Å². The summed E-state index contributed by atoms with van der Waals surface area (Å²) in [4.78, 5) is 22.6. The number of esters is 1. The van der Waals surface area contributed by atoms with E-state index in [4.69, 9.17) is 9.47 Å². The molecule has 1 saturated heterocycles. The SMILES string of the molecule is CCOC(=O)CNC(=O)NC1(C)CCCOC1. The highest BCUT2D eigenvalue weighted by molar-refractivity contribution is 5.81. The predicted molar refractivity (Wildman–Crippen MR) is 61.6 cm³/mol. The van der Waals surface area contributed by atoms with Crippen molar-refractivity contribution < 1.29 is 19.1 Å². The van der Waals surface area contributed by atoms with Crippen molar-refractivity contribution in [2.45, 2.75) is 32.2 Å². The average Bonchev–Trinajstić information content (AvgIpc) is 2.27. The maximum atomic E-state index is 11.5. The van der Waals surface area contributed by atoms with Crippen LogP contribution in [-0.2, 0) is 14.3 Å². The minimum absolute atomic E-state index is 0.114. The molecule has 2 N–H and O–H groups in total. The topological polar surface area (TPSA) is 76.7 Å². The number of rotatable bonds is 4. The molecule has 0 aromatic rings. The van der Waals surface area contributed by atoms with E-state index >= 15 is 0 Å². The molecule has 0 saturated carbocycles. The summed E-state index contributed by atoms with van der Waals surface area (Å²) in [6.07, 6.45) is 1.80. The number of carbonyl (C=O) groups is 2. The molecule has 0 radical (unpaired) electrons. The van der Waals surface area contributed by atoms with Crippen molar-refractivity contribution in [1.29, 1.82) is 0 Å². The Hall–Kier alpha value is -1.30. The van der Waals surface area contributed by atoms with E-state index in [9.17, 15) is 9.59 Å². The highest BCUT2D eigenvalue weighted by Crippen LogP contribution is 2.17. The fraction of sp³-hybridized carbons (Fsp3) is 0.818. The van der Waals surface area contributed by atoms with Gasteiger partial charge in [-0.2, -0.15) is 0 Å². The van der Waals surface area contributed by atoms with E-state index in [-0.39, 0.29) is 18.1 Å². The van der Waals surface area contributed by atoms with E-state index in [0.717, 1.165) is 19.4 Å². The summed E-state index contributed by atoms with van der Waals surface area (Å²) in [5.74, 6) is -0.437. The Morgan fingerprint density at radius 2 is 2.24 bits per heavy atom. The Morgan fingerprint density at radius 1 is 1.47 bits per heavy atom. The second-order valence-electron chi connectivity index (χ2n) is 4.33. The van der Waals surface area contributed by atoms with Gasteiger partial charge < -0.3 is 20.1 Å². The van der Waals surface area contributed by atoms with Gasteiger partial charge in [0.2, 0.25) is 0 Å². The molecule has 6 heteroatoms. The molecule has 2 amide bonds. The first-order valence-corrected chi connectivity index (χ1v) is 5.85. The van der Waals surface area contributed by atoms with E-state index in [2.05, 4.69) is 10.6 Å². The summed E-state index contributed by atoms with van der Waals surface area (Å²) in [5, 5.41) is 5.27. The van der Waals surface area contributed by atoms with E-state index in [1.54, 1.807) is 6.92 Å². The van der Waals surface area contributed by atoms with Crippen molar-refractivity contribution in [2.75, 3.05) is 26.4 Å². The maximum absolute atomic E-state index is 11.5. The van der Waals surface area contributed by atoms with Crippen LogP contribution >= 0.6 is 0 Å². The first-order chi connectivity index (χ1) is 8.06. The van der Waals surface area contributed by atoms with Gasteiger partial charge in [0.05, 0.1) is 18.8 Å². The minimum atomic E-state index is -0.437. The van der Waals surface area contributed by atoms with Gasteiger partial charge in [-0.25, -0.2) is 4.79 Å². The molecule has 1 unspecified atom stereocenters. The fourth-order valence-corrected chi connectivity index (χ4v) is 1.72. The number of ether oxygens (including phenoxy) is 2. The Morgan fingerprint density at radius 3 is 2.82 bits per heavy atom. The lowest BCUT2D eigenvalue weighted by atomic mass is 9.95. The number of hydrogen-bond donors (Lipinski definition) is 2. The van der Waals surface area contributed by atoms with Crippen molar-refractivity contribution >= 4 is 12.0 Å². The van der Waals surface area contributed by atoms with Gasteiger partial charge in [0.1, 0.15) is 6.54 Å². The second kappa shape index (κ2) is 6.44. The quantitative estimate of drug-likeness (QED) is 0.703. The molecule has 1 aliphatic rings. The van der Waals surface area contributed by atoms with Gasteiger partial charge in [0.15, 0.2) is 0 Å². The van der Waals surface area contributed by atoms with Crippen LogP contribution in [0.3, 0.4) is 0 Å². The van der Waals surface area contributed by atoms with Gasteiger partial charge in [-0.15, -0.1) is 0 Å². The number of carbonyl (C=O) groups excluding carboxylic acids is 2. The molecular weight excluding hydrogens is 224 g/mol. The van der Waals surface area contributed by atoms with Crippen LogP contribution in [0, 0.1) is 0 Å². The minimum Gasteiger partial charge on any atom is -0.465 e. The molecule has 0 aliphatic carbocycles. The molecule has 17 heavy (non-hydrogen) atoms. The van der Waals surface area contributed by atoms with Crippen LogP contribution in [0.15, 0.2) is 0 Å². The lowest BCUT2D eigenvalue weighted by Gasteiger charge is -2.34. The van der Waals surface area contributed by atoms with Gasteiger partial charge in [-0.05, 0) is 26.7 Å². The van der Waals surface area contributed by atoms with E-state index in [0.29, 0.717) is 13.2 Å². The predicted octanol–water partition coefficient (Wildman–Crippen LogP) is 0.418. The molecule has 0 aromatic heterocycles. The monoisotopic (exact) mass is 244 g/mol. The first kappa shape index (κ1) is 13.8. The molecule has 1 atom stereocenters. The van der Waals surface area contributed by atoms with Crippen molar-refractivity contribution in [3.8, 4) is 0 Å². The molecule has 6 nitrogen and oxygen atoms in total. The summed E-state index contributed by atoms with van der Waals surface area (Å²) >= 11 is 0.